The van der Waals surface area contributed by atoms with Crippen LogP contribution in [-0.2, 0) is 29.1 Å². The molecule has 0 fully saturated rings. The highest BCUT2D eigenvalue weighted by atomic mass is 16.5. The molecule has 6 heteroatoms. The Labute approximate surface area is 176 Å². The van der Waals surface area contributed by atoms with Crippen LogP contribution in [0.15, 0.2) is 84.9 Å². The molecule has 3 aromatic carbocycles. The fourth-order valence-electron chi connectivity index (χ4n) is 2.97. The van der Waals surface area contributed by atoms with E-state index in [-0.39, 0.29) is 12.5 Å². The molecule has 0 aromatic heterocycles. The standard InChI is InChI=1S/C24H25N3O3/c25-16-20-12-7-13-21(14-20)26-23(28)22(15-18-8-3-1-4-9-18)27-24(29)30-17-19-10-5-2-6-11-19/h1-14,22H,15-17,25H2,(H,26,28)(H,27,29)/t22-/m1/s1. The molecule has 4 N–H and O–H groups in total. The van der Waals surface area contributed by atoms with E-state index in [0.717, 1.165) is 16.7 Å². The van der Waals surface area contributed by atoms with Crippen molar-refractivity contribution in [3.63, 3.8) is 0 Å². The van der Waals surface area contributed by atoms with Crippen LogP contribution in [0.2, 0.25) is 0 Å². The monoisotopic (exact) mass is 403 g/mol. The van der Waals surface area contributed by atoms with Gasteiger partial charge in [0.1, 0.15) is 12.6 Å². The highest BCUT2D eigenvalue weighted by molar-refractivity contribution is 5.96. The minimum atomic E-state index is -0.794. The fourth-order valence-corrected chi connectivity index (χ4v) is 2.97. The van der Waals surface area contributed by atoms with Gasteiger partial charge in [0, 0.05) is 18.7 Å². The van der Waals surface area contributed by atoms with Crippen LogP contribution < -0.4 is 16.4 Å². The third-order valence-corrected chi connectivity index (χ3v) is 4.53. The van der Waals surface area contributed by atoms with Gasteiger partial charge in [-0.1, -0.05) is 72.8 Å². The number of ether oxygens (including phenoxy) is 1. The summed E-state index contributed by atoms with van der Waals surface area (Å²) in [6, 6.07) is 25.4. The number of hydrogen-bond acceptors (Lipinski definition) is 4. The van der Waals surface area contributed by atoms with E-state index in [4.69, 9.17) is 10.5 Å². The molecule has 0 heterocycles. The number of rotatable bonds is 8. The summed E-state index contributed by atoms with van der Waals surface area (Å²) in [7, 11) is 0. The summed E-state index contributed by atoms with van der Waals surface area (Å²) in [6.07, 6.45) is -0.311. The highest BCUT2D eigenvalue weighted by Gasteiger charge is 2.22. The van der Waals surface area contributed by atoms with E-state index < -0.39 is 12.1 Å². The molecule has 2 amide bonds. The molecular formula is C24H25N3O3. The van der Waals surface area contributed by atoms with Crippen LogP contribution in [0, 0.1) is 0 Å². The van der Waals surface area contributed by atoms with Crippen molar-refractivity contribution in [1.29, 1.82) is 0 Å². The zero-order valence-corrected chi connectivity index (χ0v) is 16.6. The summed E-state index contributed by atoms with van der Waals surface area (Å²) in [4.78, 5) is 25.3. The first-order valence-corrected chi connectivity index (χ1v) is 9.75. The molecule has 154 valence electrons. The Hall–Kier alpha value is -3.64. The third kappa shape index (κ3) is 6.46. The summed E-state index contributed by atoms with van der Waals surface area (Å²) in [5, 5.41) is 5.54. The molecule has 30 heavy (non-hydrogen) atoms. The number of carbonyl (C=O) groups excluding carboxylic acids is 2. The summed E-state index contributed by atoms with van der Waals surface area (Å²) in [5.41, 5.74) is 9.00. The van der Waals surface area contributed by atoms with E-state index in [1.54, 1.807) is 6.07 Å². The average Bonchev–Trinajstić information content (AvgIpc) is 2.79. The molecule has 0 aliphatic heterocycles. The van der Waals surface area contributed by atoms with Crippen molar-refractivity contribution in [2.24, 2.45) is 5.73 Å². The van der Waals surface area contributed by atoms with Crippen LogP contribution in [0.1, 0.15) is 16.7 Å². The molecule has 0 unspecified atom stereocenters. The number of nitrogens with two attached hydrogens (primary N) is 1. The van der Waals surface area contributed by atoms with Crippen molar-refractivity contribution in [1.82, 2.24) is 5.32 Å². The number of benzene rings is 3. The molecule has 1 atom stereocenters. The molecule has 0 saturated heterocycles. The van der Waals surface area contributed by atoms with Crippen LogP contribution in [-0.4, -0.2) is 18.0 Å². The van der Waals surface area contributed by atoms with E-state index in [2.05, 4.69) is 10.6 Å². The van der Waals surface area contributed by atoms with Crippen molar-refractivity contribution in [2.45, 2.75) is 25.6 Å². The number of anilines is 1. The van der Waals surface area contributed by atoms with Gasteiger partial charge in [0.2, 0.25) is 5.91 Å². The van der Waals surface area contributed by atoms with Gasteiger partial charge in [0.15, 0.2) is 0 Å². The Morgan fingerprint density at radius 3 is 2.13 bits per heavy atom. The number of alkyl carbamates (subject to hydrolysis) is 1. The van der Waals surface area contributed by atoms with Gasteiger partial charge in [-0.15, -0.1) is 0 Å². The molecule has 6 nitrogen and oxygen atoms in total. The predicted octanol–water partition coefficient (Wildman–Crippen LogP) is 3.62. The van der Waals surface area contributed by atoms with Crippen molar-refractivity contribution in [2.75, 3.05) is 5.32 Å². The first-order chi connectivity index (χ1) is 14.6. The Morgan fingerprint density at radius 2 is 1.47 bits per heavy atom. The van der Waals surface area contributed by atoms with E-state index in [1.807, 2.05) is 78.9 Å². The number of nitrogens with one attached hydrogen (secondary N) is 2. The number of hydrogen-bond donors (Lipinski definition) is 3. The van der Waals surface area contributed by atoms with Crippen LogP contribution >= 0.6 is 0 Å². The fraction of sp³-hybridized carbons (Fsp3) is 0.167. The molecule has 0 spiro atoms. The second kappa shape index (κ2) is 10.8. The zero-order chi connectivity index (χ0) is 21.2. The van der Waals surface area contributed by atoms with Crippen molar-refractivity contribution in [3.8, 4) is 0 Å². The Balaban J connectivity index is 1.67. The zero-order valence-electron chi connectivity index (χ0n) is 16.6. The smallest absolute Gasteiger partial charge is 0.408 e. The van der Waals surface area contributed by atoms with Crippen LogP contribution in [0.4, 0.5) is 10.5 Å². The quantitative estimate of drug-likeness (QED) is 0.535. The Kier molecular flexibility index (Phi) is 7.58. The molecule has 0 saturated carbocycles. The van der Waals surface area contributed by atoms with Crippen LogP contribution in [0.25, 0.3) is 0 Å². The van der Waals surface area contributed by atoms with Crippen molar-refractivity contribution < 1.29 is 14.3 Å². The Bertz CT molecular complexity index is 962. The maximum atomic E-state index is 12.9. The summed E-state index contributed by atoms with van der Waals surface area (Å²) < 4.78 is 5.29. The van der Waals surface area contributed by atoms with E-state index >= 15 is 0 Å². The molecule has 0 aliphatic rings. The third-order valence-electron chi connectivity index (χ3n) is 4.53. The SMILES string of the molecule is NCc1cccc(NC(=O)[C@@H](Cc2ccccc2)NC(=O)OCc2ccccc2)c1. The second-order valence-electron chi connectivity index (χ2n) is 6.84. The summed E-state index contributed by atoms with van der Waals surface area (Å²) in [5.74, 6) is -0.329. The number of carbonyl (C=O) groups is 2. The van der Waals surface area contributed by atoms with Gasteiger partial charge in [0.05, 0.1) is 0 Å². The van der Waals surface area contributed by atoms with E-state index in [9.17, 15) is 9.59 Å². The van der Waals surface area contributed by atoms with Crippen molar-refractivity contribution >= 4 is 17.7 Å². The number of amides is 2. The minimum absolute atomic E-state index is 0.130. The molecule has 0 bridgehead atoms. The van der Waals surface area contributed by atoms with Gasteiger partial charge in [0.25, 0.3) is 0 Å². The first-order valence-electron chi connectivity index (χ1n) is 9.75. The molecule has 3 rings (SSSR count). The lowest BCUT2D eigenvalue weighted by Crippen LogP contribution is -2.45. The normalized spacial score (nSPS) is 11.4. The van der Waals surface area contributed by atoms with Gasteiger partial charge >= 0.3 is 6.09 Å². The van der Waals surface area contributed by atoms with Crippen LogP contribution in [0.5, 0.6) is 0 Å². The maximum Gasteiger partial charge on any atom is 0.408 e. The molecule has 3 aromatic rings. The molecule has 0 aliphatic carbocycles. The lowest BCUT2D eigenvalue weighted by atomic mass is 10.1. The minimum Gasteiger partial charge on any atom is -0.445 e. The van der Waals surface area contributed by atoms with E-state index in [1.165, 1.54) is 0 Å². The maximum absolute atomic E-state index is 12.9. The molecular weight excluding hydrogens is 378 g/mol. The topological polar surface area (TPSA) is 93.5 Å². The average molecular weight is 403 g/mol. The van der Waals surface area contributed by atoms with Crippen molar-refractivity contribution in [3.05, 3.63) is 102 Å². The molecule has 0 radical (unpaired) electrons. The van der Waals surface area contributed by atoms with Crippen LogP contribution in [0.3, 0.4) is 0 Å². The van der Waals surface area contributed by atoms with Gasteiger partial charge < -0.3 is 21.1 Å². The van der Waals surface area contributed by atoms with Gasteiger partial charge in [-0.25, -0.2) is 4.79 Å². The predicted molar refractivity (Wildman–Crippen MR) is 117 cm³/mol. The summed E-state index contributed by atoms with van der Waals surface area (Å²) >= 11 is 0. The highest BCUT2D eigenvalue weighted by Crippen LogP contribution is 2.12. The Morgan fingerprint density at radius 1 is 0.833 bits per heavy atom. The van der Waals surface area contributed by atoms with Gasteiger partial charge in [-0.3, -0.25) is 4.79 Å². The lowest BCUT2D eigenvalue weighted by molar-refractivity contribution is -0.118. The first kappa shape index (κ1) is 21.1. The van der Waals surface area contributed by atoms with E-state index in [0.29, 0.717) is 18.7 Å². The van der Waals surface area contributed by atoms with Gasteiger partial charge in [-0.2, -0.15) is 0 Å². The lowest BCUT2D eigenvalue weighted by Gasteiger charge is -2.19. The second-order valence-corrected chi connectivity index (χ2v) is 6.84. The summed E-state index contributed by atoms with van der Waals surface area (Å²) in [6.45, 7) is 0.506. The largest absolute Gasteiger partial charge is 0.445 e. The van der Waals surface area contributed by atoms with Gasteiger partial charge in [-0.05, 0) is 28.8 Å².